The fourth-order valence-electron chi connectivity index (χ4n) is 11.8. The maximum atomic E-state index is 15.4. The minimum Gasteiger partial charge on any atom is -0.390 e. The van der Waals surface area contributed by atoms with E-state index in [1.54, 1.807) is 47.6 Å². The zero-order valence-corrected chi connectivity index (χ0v) is 62.6. The molecule has 0 saturated carbocycles. The Morgan fingerprint density at radius 3 is 1.30 bits per heavy atom. The van der Waals surface area contributed by atoms with Gasteiger partial charge in [-0.2, -0.15) is 11.8 Å². The molecule has 0 aromatic carbocycles. The van der Waals surface area contributed by atoms with Crippen molar-refractivity contribution < 1.29 is 57.8 Å². The van der Waals surface area contributed by atoms with Crippen LogP contribution in [-0.2, 0) is 52.7 Å². The van der Waals surface area contributed by atoms with Crippen LogP contribution >= 0.6 is 11.8 Å². The Morgan fingerprint density at radius 1 is 0.441 bits per heavy atom. The van der Waals surface area contributed by atoms with Crippen molar-refractivity contribution >= 4 is 76.7 Å². The first-order chi connectivity index (χ1) is 43.0. The van der Waals surface area contributed by atoms with Crippen LogP contribution in [0.3, 0.4) is 0 Å². The lowest BCUT2D eigenvalue weighted by molar-refractivity contribution is -0.157. The number of hydrogen-bond donors (Lipinski definition) is 5. The summed E-state index contributed by atoms with van der Waals surface area (Å²) in [5.41, 5.74) is 0. The summed E-state index contributed by atoms with van der Waals surface area (Å²) in [4.78, 5) is 173. The van der Waals surface area contributed by atoms with Crippen molar-refractivity contribution in [3.8, 4) is 0 Å². The third kappa shape index (κ3) is 25.1. The highest BCUT2D eigenvalue weighted by Gasteiger charge is 2.46. The number of aliphatic hydroxyl groups excluding tert-OH is 1. The molecule has 93 heavy (non-hydrogen) atoms. The lowest BCUT2D eigenvalue weighted by Gasteiger charge is -2.41. The van der Waals surface area contributed by atoms with Crippen molar-refractivity contribution in [2.75, 3.05) is 60.8 Å². The van der Waals surface area contributed by atoms with Gasteiger partial charge in [-0.3, -0.25) is 52.7 Å². The second-order valence-electron chi connectivity index (χ2n) is 28.9. The summed E-state index contributed by atoms with van der Waals surface area (Å²) < 4.78 is 0. The Morgan fingerprint density at radius 2 is 0.849 bits per heavy atom. The quantitative estimate of drug-likeness (QED) is 0.0672. The first-order valence-electron chi connectivity index (χ1n) is 34.0. The van der Waals surface area contributed by atoms with E-state index < -0.39 is 155 Å². The Hall–Kier alpha value is -5.78. The van der Waals surface area contributed by atoms with Gasteiger partial charge >= 0.3 is 0 Å². The van der Waals surface area contributed by atoms with E-state index >= 15 is 28.8 Å². The van der Waals surface area contributed by atoms with Crippen LogP contribution in [0.25, 0.3) is 0 Å². The van der Waals surface area contributed by atoms with Crippen LogP contribution in [0.4, 0.5) is 0 Å². The SMILES string of the molecule is C/C=C/C[C@@H](C)[C@@H](O)[C@@H]1C(=O)N[C@H](CC)C(=O)N(C)[C@H](CSCCCC(C)C)C(=O)N(C)[C@@H](CC(C)C)C(=O)N[C@H](C(C)C)C(=O)N(C)[C@H](CC(C)C)C(=O)N[C@H](C)C(=O)N[C@@H](C)C(=O)N(C)[C@H](CC(C)C)C(=O)N(C)[C@H](CC(C)C)C(=O)N(C)[C@H](C(C)C)C(=O)N1C. The zero-order chi connectivity index (χ0) is 72.0. The molecule has 1 aliphatic heterocycles. The molecule has 0 radical (unpaired) electrons. The number of carbonyl (C=O) groups excluding carboxylic acids is 11. The summed E-state index contributed by atoms with van der Waals surface area (Å²) in [5.74, 6) is -8.47. The van der Waals surface area contributed by atoms with Gasteiger partial charge in [0.25, 0.3) is 0 Å². The molecule has 534 valence electrons. The summed E-state index contributed by atoms with van der Waals surface area (Å²) in [6, 6.07) is -13.6. The number of allylic oxidation sites excluding steroid dienone is 2. The second-order valence-corrected chi connectivity index (χ2v) is 30.1. The van der Waals surface area contributed by atoms with E-state index in [9.17, 15) is 29.1 Å². The third-order valence-corrected chi connectivity index (χ3v) is 18.9. The topological polar surface area (TPSA) is 279 Å². The van der Waals surface area contributed by atoms with Crippen molar-refractivity contribution in [3.05, 3.63) is 12.2 Å². The minimum absolute atomic E-state index is 0.0172. The highest BCUT2D eigenvalue weighted by Crippen LogP contribution is 2.27. The Labute approximate surface area is 563 Å². The van der Waals surface area contributed by atoms with Crippen molar-refractivity contribution in [3.63, 3.8) is 0 Å². The molecule has 5 N–H and O–H groups in total. The molecule has 0 bridgehead atoms. The van der Waals surface area contributed by atoms with E-state index in [1.807, 2.05) is 68.4 Å². The monoisotopic (exact) mass is 1330 g/mol. The number of nitrogens with zero attached hydrogens (tertiary/aromatic N) is 7. The summed E-state index contributed by atoms with van der Waals surface area (Å²) in [5, 5.41) is 23.5. The molecular weight excluding hydrogens is 1210 g/mol. The lowest BCUT2D eigenvalue weighted by Crippen LogP contribution is -2.64. The lowest BCUT2D eigenvalue weighted by atomic mass is 9.91. The van der Waals surface area contributed by atoms with Gasteiger partial charge in [0.1, 0.15) is 66.5 Å². The van der Waals surface area contributed by atoms with Crippen molar-refractivity contribution in [1.29, 1.82) is 0 Å². The standard InChI is InChI=1S/C69H125N11O12S/c1-27-29-32-46(17)58(81)57-62(85)72-49(28-2)64(87)78(24)54(38-93-33-30-31-39(3)4)67(90)74(20)51(35-41(7)8)61(84)73-55(44(13)14)68(91)75(21)50(34-40(5)6)60(83)70-47(18)59(82)71-48(19)63(86)76(22)52(36-42(9)10)65(88)77(23)53(37-43(11)12)66(89)79(25)56(45(15)16)69(92)80(57)26/h27,29,39-58,81H,28,30-38H2,1-26H3,(H,70,83)(H,71,82)(H,72,85)(H,73,84)/b29-27+/t46-,47-,48+,49-,50-,51+,52-,53-,54-,55-,56-,57-,58-/m1/s1. The zero-order valence-electron chi connectivity index (χ0n) is 61.7. The molecule has 0 aliphatic carbocycles. The third-order valence-electron chi connectivity index (χ3n) is 17.7. The van der Waals surface area contributed by atoms with Gasteiger partial charge in [-0.05, 0) is 119 Å². The van der Waals surface area contributed by atoms with Crippen LogP contribution in [0.15, 0.2) is 12.2 Å². The van der Waals surface area contributed by atoms with Crippen molar-refractivity contribution in [2.45, 2.75) is 255 Å². The highest BCUT2D eigenvalue weighted by molar-refractivity contribution is 7.99. The predicted molar refractivity (Wildman–Crippen MR) is 369 cm³/mol. The minimum atomic E-state index is -1.63. The number of rotatable bonds is 21. The van der Waals surface area contributed by atoms with Crippen molar-refractivity contribution in [2.24, 2.45) is 47.3 Å². The van der Waals surface area contributed by atoms with Crippen LogP contribution in [-0.4, -0.2) is 238 Å². The fraction of sp³-hybridized carbons (Fsp3) is 0.812. The van der Waals surface area contributed by atoms with Gasteiger partial charge in [0.05, 0.1) is 6.10 Å². The Bertz CT molecular complexity index is 2510. The molecule has 0 spiro atoms. The molecule has 0 aromatic rings. The van der Waals surface area contributed by atoms with Gasteiger partial charge in [0.2, 0.25) is 65.0 Å². The average Bonchev–Trinajstić information content (AvgIpc) is 0.816. The second kappa shape index (κ2) is 39.9. The average molecular weight is 1330 g/mol. The van der Waals surface area contributed by atoms with E-state index in [-0.39, 0.29) is 61.5 Å². The summed E-state index contributed by atoms with van der Waals surface area (Å²) >= 11 is 1.47. The number of hydrogen-bond acceptors (Lipinski definition) is 13. The van der Waals surface area contributed by atoms with Gasteiger partial charge in [-0.1, -0.05) is 129 Å². The van der Waals surface area contributed by atoms with E-state index in [0.29, 0.717) is 18.1 Å². The van der Waals surface area contributed by atoms with E-state index in [2.05, 4.69) is 35.1 Å². The molecule has 1 saturated heterocycles. The summed E-state index contributed by atoms with van der Waals surface area (Å²) in [6.07, 6.45) is 4.78. The van der Waals surface area contributed by atoms with Gasteiger partial charge in [0, 0.05) is 55.1 Å². The van der Waals surface area contributed by atoms with Gasteiger partial charge in [0.15, 0.2) is 0 Å². The largest absolute Gasteiger partial charge is 0.390 e. The molecule has 11 amide bonds. The number of likely N-dealkylation sites (N-methyl/N-ethyl adjacent to an activating group) is 7. The van der Waals surface area contributed by atoms with E-state index in [4.69, 9.17) is 0 Å². The maximum Gasteiger partial charge on any atom is 0.246 e. The predicted octanol–water partition coefficient (Wildman–Crippen LogP) is 5.81. The highest BCUT2D eigenvalue weighted by atomic mass is 32.2. The Kier molecular flexibility index (Phi) is 36.6. The van der Waals surface area contributed by atoms with Crippen LogP contribution in [0.1, 0.15) is 183 Å². The number of thioether (sulfide) groups is 1. The van der Waals surface area contributed by atoms with Crippen LogP contribution < -0.4 is 21.3 Å². The summed E-state index contributed by atoms with van der Waals surface area (Å²) in [7, 11) is 10.1. The van der Waals surface area contributed by atoms with Gasteiger partial charge in [-0.25, -0.2) is 0 Å². The van der Waals surface area contributed by atoms with Crippen molar-refractivity contribution in [1.82, 2.24) is 55.6 Å². The molecule has 1 rings (SSSR count). The molecule has 1 fully saturated rings. The number of carbonyl (C=O) groups is 11. The maximum absolute atomic E-state index is 15.4. The summed E-state index contributed by atoms with van der Waals surface area (Å²) in [6.45, 7) is 34.4. The number of nitrogens with one attached hydrogen (secondary N) is 4. The van der Waals surface area contributed by atoms with E-state index in [0.717, 1.165) is 17.7 Å². The van der Waals surface area contributed by atoms with Crippen LogP contribution in [0.2, 0.25) is 0 Å². The van der Waals surface area contributed by atoms with Gasteiger partial charge in [-0.15, -0.1) is 0 Å². The molecule has 0 aromatic heterocycles. The molecule has 24 heteroatoms. The number of amides is 11. The molecule has 13 atom stereocenters. The molecule has 0 unspecified atom stereocenters. The first kappa shape index (κ1) is 85.2. The normalized spacial score (nSPS) is 26.5. The molecule has 1 heterocycles. The van der Waals surface area contributed by atoms with E-state index in [1.165, 1.54) is 104 Å². The van der Waals surface area contributed by atoms with Crippen LogP contribution in [0, 0.1) is 47.3 Å². The smallest absolute Gasteiger partial charge is 0.246 e. The fourth-order valence-corrected chi connectivity index (χ4v) is 12.9. The molecule has 1 aliphatic rings. The molecule has 23 nitrogen and oxygen atoms in total. The number of aliphatic hydroxyl groups is 1. The van der Waals surface area contributed by atoms with Crippen LogP contribution in [0.5, 0.6) is 0 Å². The Balaban J connectivity index is 4.53. The first-order valence-corrected chi connectivity index (χ1v) is 35.1. The van der Waals surface area contributed by atoms with Gasteiger partial charge < -0.3 is 60.7 Å². The molecular formula is C69H125N11O12S.